The van der Waals surface area contributed by atoms with Crippen molar-refractivity contribution in [3.05, 3.63) is 11.6 Å². The fraction of sp³-hybridized carbons (Fsp3) is 0.684. The summed E-state index contributed by atoms with van der Waals surface area (Å²) in [5.41, 5.74) is -0.0541. The van der Waals surface area contributed by atoms with Crippen LogP contribution in [-0.2, 0) is 9.53 Å². The van der Waals surface area contributed by atoms with Gasteiger partial charge in [0.1, 0.15) is 24.1 Å². The van der Waals surface area contributed by atoms with Crippen LogP contribution in [0, 0.1) is 11.3 Å². The van der Waals surface area contributed by atoms with Gasteiger partial charge in [-0.1, -0.05) is 6.08 Å². The predicted molar refractivity (Wildman–Crippen MR) is 104 cm³/mol. The van der Waals surface area contributed by atoms with Crippen molar-refractivity contribution in [2.24, 2.45) is 4.99 Å². The third kappa shape index (κ3) is 6.93. The van der Waals surface area contributed by atoms with Crippen molar-refractivity contribution in [3.63, 3.8) is 0 Å². The molecular formula is C19H31N5O3. The highest BCUT2D eigenvalue weighted by atomic mass is 16.6. The zero-order valence-electron chi connectivity index (χ0n) is 17.3. The van der Waals surface area contributed by atoms with Gasteiger partial charge in [0.2, 0.25) is 5.91 Å². The van der Waals surface area contributed by atoms with Crippen LogP contribution >= 0.6 is 0 Å². The first-order chi connectivity index (χ1) is 12.6. The van der Waals surface area contributed by atoms with Gasteiger partial charge in [-0.2, -0.15) is 5.26 Å². The third-order valence-electron chi connectivity index (χ3n) is 3.97. The van der Waals surface area contributed by atoms with E-state index in [4.69, 9.17) is 4.74 Å². The number of carbonyl (C=O) groups excluding carboxylic acids is 2. The molecule has 1 saturated heterocycles. The number of amides is 2. The number of aliphatic imine (C=N–C) groups is 1. The molecule has 0 N–H and O–H groups in total. The molecule has 0 aromatic rings. The summed E-state index contributed by atoms with van der Waals surface area (Å²) >= 11 is 0. The summed E-state index contributed by atoms with van der Waals surface area (Å²) in [6.45, 7) is 11.9. The van der Waals surface area contributed by atoms with Crippen LogP contribution in [0.15, 0.2) is 16.6 Å². The number of allylic oxidation sites excluding steroid dienone is 1. The van der Waals surface area contributed by atoms with Crippen molar-refractivity contribution in [1.82, 2.24) is 14.7 Å². The quantitative estimate of drug-likeness (QED) is 0.424. The first-order valence-electron chi connectivity index (χ1n) is 9.21. The maximum atomic E-state index is 12.5. The second-order valence-corrected chi connectivity index (χ2v) is 7.32. The molecule has 0 saturated carbocycles. The molecule has 0 radical (unpaired) electrons. The molecule has 1 aliphatic heterocycles. The lowest BCUT2D eigenvalue weighted by Crippen LogP contribution is -2.53. The van der Waals surface area contributed by atoms with Gasteiger partial charge in [-0.3, -0.25) is 9.79 Å². The number of ether oxygens (including phenoxy) is 1. The third-order valence-corrected chi connectivity index (χ3v) is 3.97. The summed E-state index contributed by atoms with van der Waals surface area (Å²) in [7, 11) is 1.56. The molecule has 8 nitrogen and oxygen atoms in total. The van der Waals surface area contributed by atoms with Crippen LogP contribution in [0.1, 0.15) is 34.6 Å². The number of hydrogen-bond acceptors (Lipinski definition) is 5. The van der Waals surface area contributed by atoms with Gasteiger partial charge in [0, 0.05) is 39.8 Å². The van der Waals surface area contributed by atoms with Crippen LogP contribution in [0.25, 0.3) is 0 Å². The summed E-state index contributed by atoms with van der Waals surface area (Å²) in [5, 5.41) is 9.29. The van der Waals surface area contributed by atoms with Crippen LogP contribution in [0.2, 0.25) is 0 Å². The molecule has 0 aliphatic carbocycles. The largest absolute Gasteiger partial charge is 0.444 e. The molecule has 0 aromatic heterocycles. The maximum Gasteiger partial charge on any atom is 0.410 e. The van der Waals surface area contributed by atoms with Gasteiger partial charge in [-0.15, -0.1) is 0 Å². The monoisotopic (exact) mass is 377 g/mol. The molecule has 0 spiro atoms. The summed E-state index contributed by atoms with van der Waals surface area (Å²) in [5.74, 6) is 0.559. The lowest BCUT2D eigenvalue weighted by molar-refractivity contribution is -0.133. The average Bonchev–Trinajstić information content (AvgIpc) is 2.60. The lowest BCUT2D eigenvalue weighted by atomic mass is 10.2. The van der Waals surface area contributed by atoms with Gasteiger partial charge in [-0.05, 0) is 34.6 Å². The van der Waals surface area contributed by atoms with E-state index in [-0.39, 0.29) is 12.5 Å². The molecule has 0 atom stereocenters. The van der Waals surface area contributed by atoms with Crippen molar-refractivity contribution >= 4 is 17.8 Å². The Morgan fingerprint density at radius 1 is 1.22 bits per heavy atom. The van der Waals surface area contributed by atoms with Crippen LogP contribution in [0.5, 0.6) is 0 Å². The highest BCUT2D eigenvalue weighted by Gasteiger charge is 2.27. The zero-order chi connectivity index (χ0) is 20.6. The van der Waals surface area contributed by atoms with E-state index in [9.17, 15) is 14.9 Å². The van der Waals surface area contributed by atoms with E-state index in [1.165, 1.54) is 4.90 Å². The van der Waals surface area contributed by atoms with E-state index in [1.54, 1.807) is 38.8 Å². The Kier molecular flexibility index (Phi) is 8.29. The minimum absolute atomic E-state index is 0.0247. The molecule has 8 heteroatoms. The van der Waals surface area contributed by atoms with Gasteiger partial charge < -0.3 is 19.4 Å². The normalized spacial score (nSPS) is 16.0. The number of amidine groups is 1. The second-order valence-electron chi connectivity index (χ2n) is 7.32. The number of likely N-dealkylation sites (N-methyl/N-ethyl adjacent to an activating group) is 1. The molecule has 0 bridgehead atoms. The maximum absolute atomic E-state index is 12.5. The molecular weight excluding hydrogens is 346 g/mol. The lowest BCUT2D eigenvalue weighted by Gasteiger charge is -2.37. The van der Waals surface area contributed by atoms with Gasteiger partial charge in [0.15, 0.2) is 0 Å². The minimum atomic E-state index is -0.597. The SMILES string of the molecule is C/C=C(/C#N)C(=NCC)N1CCN(C(=O)CN(C)C(=O)OC(C)(C)C)CC1. The standard InChI is InChI=1S/C19H31N5O3/c1-7-15(13-20)17(21-8-2)24-11-9-23(10-12-24)16(25)14-22(6)18(26)27-19(3,4)5/h7H,8-12,14H2,1-6H3/b15-7-,21-17?. The van der Waals surface area contributed by atoms with Crippen LogP contribution in [0.3, 0.4) is 0 Å². The summed E-state index contributed by atoms with van der Waals surface area (Å²) in [4.78, 5) is 34.0. The van der Waals surface area contributed by atoms with Crippen LogP contribution in [0.4, 0.5) is 4.79 Å². The van der Waals surface area contributed by atoms with Gasteiger partial charge in [-0.25, -0.2) is 4.79 Å². The van der Waals surface area contributed by atoms with Crippen LogP contribution in [-0.4, -0.2) is 84.5 Å². The fourth-order valence-electron chi connectivity index (χ4n) is 2.62. The first kappa shape index (κ1) is 22.5. The fourth-order valence-corrected chi connectivity index (χ4v) is 2.62. The number of hydrogen-bond donors (Lipinski definition) is 0. The van der Waals surface area contributed by atoms with E-state index >= 15 is 0 Å². The van der Waals surface area contributed by atoms with Crippen molar-refractivity contribution in [2.75, 3.05) is 46.3 Å². The van der Waals surface area contributed by atoms with E-state index in [0.29, 0.717) is 44.1 Å². The summed E-state index contributed by atoms with van der Waals surface area (Å²) in [6, 6.07) is 2.18. The zero-order valence-corrected chi connectivity index (χ0v) is 17.3. The number of carbonyl (C=O) groups is 2. The van der Waals surface area contributed by atoms with E-state index < -0.39 is 11.7 Å². The Hall–Kier alpha value is -2.56. The molecule has 27 heavy (non-hydrogen) atoms. The van der Waals surface area contributed by atoms with E-state index in [2.05, 4.69) is 11.1 Å². The molecule has 1 heterocycles. The van der Waals surface area contributed by atoms with Gasteiger partial charge in [0.05, 0.1) is 5.57 Å². The molecule has 0 aromatic carbocycles. The Morgan fingerprint density at radius 2 is 1.78 bits per heavy atom. The minimum Gasteiger partial charge on any atom is -0.444 e. The second kappa shape index (κ2) is 9.95. The Balaban J connectivity index is 2.63. The van der Waals surface area contributed by atoms with Gasteiger partial charge in [0.25, 0.3) is 0 Å². The molecule has 150 valence electrons. The topological polar surface area (TPSA) is 89.2 Å². The number of nitriles is 1. The van der Waals surface area contributed by atoms with Crippen LogP contribution < -0.4 is 0 Å². The highest BCUT2D eigenvalue weighted by Crippen LogP contribution is 2.11. The van der Waals surface area contributed by atoms with E-state index in [0.717, 1.165) is 0 Å². The Labute approximate surface area is 162 Å². The number of rotatable bonds is 4. The van der Waals surface area contributed by atoms with Gasteiger partial charge >= 0.3 is 6.09 Å². The van der Waals surface area contributed by atoms with Crippen molar-refractivity contribution in [2.45, 2.75) is 40.2 Å². The highest BCUT2D eigenvalue weighted by molar-refractivity contribution is 6.01. The number of nitrogens with zero attached hydrogens (tertiary/aromatic N) is 5. The first-order valence-corrected chi connectivity index (χ1v) is 9.21. The molecule has 1 rings (SSSR count). The van der Waals surface area contributed by atoms with E-state index in [1.807, 2.05) is 18.7 Å². The Morgan fingerprint density at radius 3 is 2.22 bits per heavy atom. The summed E-state index contributed by atoms with van der Waals surface area (Å²) in [6.07, 6.45) is 1.24. The van der Waals surface area contributed by atoms with Crippen molar-refractivity contribution in [1.29, 1.82) is 5.26 Å². The molecule has 1 aliphatic rings. The number of piperazine rings is 1. The predicted octanol–water partition coefficient (Wildman–Crippen LogP) is 1.89. The molecule has 0 unspecified atom stereocenters. The smallest absolute Gasteiger partial charge is 0.410 e. The summed E-state index contributed by atoms with van der Waals surface area (Å²) < 4.78 is 5.27. The van der Waals surface area contributed by atoms with Crippen molar-refractivity contribution in [3.8, 4) is 6.07 Å². The Bertz CT molecular complexity index is 635. The average molecular weight is 377 g/mol. The van der Waals surface area contributed by atoms with Crippen molar-refractivity contribution < 1.29 is 14.3 Å². The molecule has 2 amide bonds. The molecule has 1 fully saturated rings.